The summed E-state index contributed by atoms with van der Waals surface area (Å²) in [5.41, 5.74) is 0.938. The van der Waals surface area contributed by atoms with E-state index in [1.54, 1.807) is 6.92 Å². The fourth-order valence-corrected chi connectivity index (χ4v) is 1.94. The van der Waals surface area contributed by atoms with Crippen LogP contribution in [0, 0.1) is 6.92 Å². The standard InChI is InChI=1S/C15H28N4O/c1-10(20)8-9-19(7)13-11(2)12(16-6)17-14(18-13)15(3,4)5/h10,20H,8-9H2,1-7H3,(H,16,17,18). The first-order valence-electron chi connectivity index (χ1n) is 7.13. The van der Waals surface area contributed by atoms with Gasteiger partial charge in [0.1, 0.15) is 17.5 Å². The maximum Gasteiger partial charge on any atom is 0.138 e. The highest BCUT2D eigenvalue weighted by atomic mass is 16.3. The van der Waals surface area contributed by atoms with Crippen LogP contribution in [0.25, 0.3) is 0 Å². The van der Waals surface area contributed by atoms with Crippen LogP contribution in [0.4, 0.5) is 11.6 Å². The van der Waals surface area contributed by atoms with Gasteiger partial charge in [0.15, 0.2) is 0 Å². The number of hydrogen-bond donors (Lipinski definition) is 2. The van der Waals surface area contributed by atoms with Gasteiger partial charge in [0, 0.05) is 31.6 Å². The average molecular weight is 280 g/mol. The topological polar surface area (TPSA) is 61.3 Å². The molecule has 0 bridgehead atoms. The molecule has 1 aromatic rings. The van der Waals surface area contributed by atoms with Gasteiger partial charge in [-0.15, -0.1) is 0 Å². The first-order chi connectivity index (χ1) is 9.16. The number of aliphatic hydroxyl groups is 1. The maximum absolute atomic E-state index is 9.43. The van der Waals surface area contributed by atoms with E-state index < -0.39 is 0 Å². The molecule has 0 amide bonds. The summed E-state index contributed by atoms with van der Waals surface area (Å²) in [7, 11) is 3.88. The number of hydrogen-bond acceptors (Lipinski definition) is 5. The number of aromatic nitrogens is 2. The molecule has 0 aliphatic rings. The van der Waals surface area contributed by atoms with Crippen LogP contribution in [0.1, 0.15) is 45.5 Å². The second kappa shape index (κ2) is 6.39. The molecule has 0 aromatic carbocycles. The molecule has 1 rings (SSSR count). The summed E-state index contributed by atoms with van der Waals surface area (Å²) in [6.45, 7) is 10.9. The zero-order chi connectivity index (χ0) is 15.5. The first-order valence-corrected chi connectivity index (χ1v) is 7.13. The van der Waals surface area contributed by atoms with Gasteiger partial charge in [0.2, 0.25) is 0 Å². The van der Waals surface area contributed by atoms with Crippen molar-refractivity contribution in [2.75, 3.05) is 30.9 Å². The van der Waals surface area contributed by atoms with Gasteiger partial charge >= 0.3 is 0 Å². The lowest BCUT2D eigenvalue weighted by Crippen LogP contribution is -2.26. The van der Waals surface area contributed by atoms with Crippen LogP contribution in [0.3, 0.4) is 0 Å². The predicted molar refractivity (Wildman–Crippen MR) is 84.6 cm³/mol. The predicted octanol–water partition coefficient (Wildman–Crippen LogP) is 2.33. The van der Waals surface area contributed by atoms with E-state index in [0.29, 0.717) is 0 Å². The van der Waals surface area contributed by atoms with Gasteiger partial charge in [-0.2, -0.15) is 0 Å². The van der Waals surface area contributed by atoms with E-state index >= 15 is 0 Å². The molecular formula is C15H28N4O. The van der Waals surface area contributed by atoms with Crippen LogP contribution in [0.5, 0.6) is 0 Å². The van der Waals surface area contributed by atoms with Crippen LogP contribution < -0.4 is 10.2 Å². The Kier molecular flexibility index (Phi) is 5.34. The van der Waals surface area contributed by atoms with Crippen molar-refractivity contribution in [1.29, 1.82) is 0 Å². The van der Waals surface area contributed by atoms with E-state index in [-0.39, 0.29) is 11.5 Å². The minimum atomic E-state index is -0.301. The average Bonchev–Trinajstić information content (AvgIpc) is 2.34. The molecule has 2 N–H and O–H groups in total. The highest BCUT2D eigenvalue weighted by Crippen LogP contribution is 2.27. The van der Waals surface area contributed by atoms with E-state index in [2.05, 4.69) is 36.0 Å². The third-order valence-electron chi connectivity index (χ3n) is 3.27. The molecule has 20 heavy (non-hydrogen) atoms. The van der Waals surface area contributed by atoms with Crippen LogP contribution >= 0.6 is 0 Å². The van der Waals surface area contributed by atoms with Crippen LogP contribution in [0.15, 0.2) is 0 Å². The minimum absolute atomic E-state index is 0.0981. The molecular weight excluding hydrogens is 252 g/mol. The molecule has 0 saturated carbocycles. The van der Waals surface area contributed by atoms with Gasteiger partial charge in [-0.1, -0.05) is 20.8 Å². The third-order valence-corrected chi connectivity index (χ3v) is 3.27. The fourth-order valence-electron chi connectivity index (χ4n) is 1.94. The summed E-state index contributed by atoms with van der Waals surface area (Å²) in [4.78, 5) is 11.4. The molecule has 0 spiro atoms. The molecule has 1 heterocycles. The van der Waals surface area contributed by atoms with Crippen molar-refractivity contribution in [3.63, 3.8) is 0 Å². The Morgan fingerprint density at radius 2 is 1.90 bits per heavy atom. The summed E-state index contributed by atoms with van der Waals surface area (Å²) in [6, 6.07) is 0. The molecule has 5 nitrogen and oxygen atoms in total. The summed E-state index contributed by atoms with van der Waals surface area (Å²) < 4.78 is 0. The second-order valence-electron chi connectivity index (χ2n) is 6.40. The number of rotatable bonds is 5. The Balaban J connectivity index is 3.16. The Bertz CT molecular complexity index is 452. The highest BCUT2D eigenvalue weighted by molar-refractivity contribution is 5.58. The van der Waals surface area contributed by atoms with Gasteiger partial charge in [0.05, 0.1) is 6.10 Å². The third kappa shape index (κ3) is 4.07. The van der Waals surface area contributed by atoms with Crippen molar-refractivity contribution in [2.45, 2.75) is 52.6 Å². The second-order valence-corrected chi connectivity index (χ2v) is 6.40. The van der Waals surface area contributed by atoms with E-state index in [1.165, 1.54) is 0 Å². The monoisotopic (exact) mass is 280 g/mol. The summed E-state index contributed by atoms with van der Waals surface area (Å²) >= 11 is 0. The van der Waals surface area contributed by atoms with Gasteiger partial charge in [-0.3, -0.25) is 0 Å². The molecule has 0 fully saturated rings. The lowest BCUT2D eigenvalue weighted by Gasteiger charge is -2.25. The van der Waals surface area contributed by atoms with E-state index in [1.807, 2.05) is 21.0 Å². The van der Waals surface area contributed by atoms with Crippen molar-refractivity contribution in [2.24, 2.45) is 0 Å². The van der Waals surface area contributed by atoms with Crippen molar-refractivity contribution in [1.82, 2.24) is 9.97 Å². The van der Waals surface area contributed by atoms with E-state index in [0.717, 1.165) is 36.0 Å². The molecule has 0 saturated heterocycles. The van der Waals surface area contributed by atoms with Crippen LogP contribution in [-0.2, 0) is 5.41 Å². The summed E-state index contributed by atoms with van der Waals surface area (Å²) in [5.74, 6) is 2.62. The number of aliphatic hydroxyl groups excluding tert-OH is 1. The maximum atomic E-state index is 9.43. The van der Waals surface area contributed by atoms with Gasteiger partial charge in [-0.05, 0) is 20.3 Å². The Morgan fingerprint density at radius 1 is 1.30 bits per heavy atom. The molecule has 0 aliphatic carbocycles. The highest BCUT2D eigenvalue weighted by Gasteiger charge is 2.22. The normalized spacial score (nSPS) is 13.2. The summed E-state index contributed by atoms with van der Waals surface area (Å²) in [5, 5.41) is 12.6. The fraction of sp³-hybridized carbons (Fsp3) is 0.733. The largest absolute Gasteiger partial charge is 0.393 e. The lowest BCUT2D eigenvalue weighted by atomic mass is 9.95. The van der Waals surface area contributed by atoms with Gasteiger partial charge < -0.3 is 15.3 Å². The van der Waals surface area contributed by atoms with Crippen molar-refractivity contribution in [3.8, 4) is 0 Å². The zero-order valence-corrected chi connectivity index (χ0v) is 13.8. The Hall–Kier alpha value is -1.36. The molecule has 114 valence electrons. The number of nitrogens with zero attached hydrogens (tertiary/aromatic N) is 3. The SMILES string of the molecule is CNc1nc(C(C)(C)C)nc(N(C)CCC(C)O)c1C. The first kappa shape index (κ1) is 16.7. The molecule has 1 atom stereocenters. The van der Waals surface area contributed by atoms with Crippen molar-refractivity contribution >= 4 is 11.6 Å². The molecule has 5 heteroatoms. The molecule has 0 aliphatic heterocycles. The van der Waals surface area contributed by atoms with Gasteiger partial charge in [0.25, 0.3) is 0 Å². The smallest absolute Gasteiger partial charge is 0.138 e. The number of anilines is 2. The quantitative estimate of drug-likeness (QED) is 0.867. The van der Waals surface area contributed by atoms with Crippen LogP contribution in [0.2, 0.25) is 0 Å². The van der Waals surface area contributed by atoms with E-state index in [9.17, 15) is 5.11 Å². The molecule has 1 unspecified atom stereocenters. The van der Waals surface area contributed by atoms with Crippen molar-refractivity contribution < 1.29 is 5.11 Å². The summed E-state index contributed by atoms with van der Waals surface area (Å²) in [6.07, 6.45) is 0.421. The minimum Gasteiger partial charge on any atom is -0.393 e. The zero-order valence-electron chi connectivity index (χ0n) is 13.8. The van der Waals surface area contributed by atoms with Crippen LogP contribution in [-0.4, -0.2) is 41.8 Å². The van der Waals surface area contributed by atoms with Crippen molar-refractivity contribution in [3.05, 3.63) is 11.4 Å². The molecule has 1 aromatic heterocycles. The Morgan fingerprint density at radius 3 is 2.35 bits per heavy atom. The van der Waals surface area contributed by atoms with Gasteiger partial charge in [-0.25, -0.2) is 9.97 Å². The lowest BCUT2D eigenvalue weighted by molar-refractivity contribution is 0.187. The number of nitrogens with one attached hydrogen (secondary N) is 1. The molecule has 0 radical (unpaired) electrons. The van der Waals surface area contributed by atoms with E-state index in [4.69, 9.17) is 4.98 Å². The Labute approximate surface area is 122 Å².